The fraction of sp³-hybridized carbons (Fsp3) is 0. The Morgan fingerprint density at radius 1 is 0.839 bits per heavy atom. The van der Waals surface area contributed by atoms with Crippen LogP contribution in [-0.2, 0) is 20.1 Å². The maximum Gasteiger partial charge on any atom is 0.296 e. The Balaban J connectivity index is 2.02. The van der Waals surface area contributed by atoms with Crippen LogP contribution in [0.5, 0.6) is 0 Å². The van der Waals surface area contributed by atoms with E-state index in [4.69, 9.17) is 5.14 Å². The Bertz CT molecular complexity index is 1360. The van der Waals surface area contributed by atoms with E-state index in [0.29, 0.717) is 5.69 Å². The zero-order chi connectivity index (χ0) is 22.8. The second kappa shape index (κ2) is 8.31. The highest BCUT2D eigenvalue weighted by Crippen LogP contribution is 2.33. The molecule has 0 aromatic heterocycles. The van der Waals surface area contributed by atoms with E-state index in [1.807, 2.05) is 0 Å². The zero-order valence-electron chi connectivity index (χ0n) is 15.6. The van der Waals surface area contributed by atoms with E-state index in [1.165, 1.54) is 12.1 Å². The Morgan fingerprint density at radius 3 is 2.03 bits per heavy atom. The first-order chi connectivity index (χ1) is 14.4. The van der Waals surface area contributed by atoms with Crippen molar-refractivity contribution in [2.45, 2.75) is 9.79 Å². The molecule has 0 heterocycles. The van der Waals surface area contributed by atoms with Crippen molar-refractivity contribution in [2.75, 3.05) is 10.6 Å². The molecule has 0 amide bonds. The van der Waals surface area contributed by atoms with Gasteiger partial charge < -0.3 is 10.6 Å². The Hall–Kier alpha value is -3.52. The Kier molecular flexibility index (Phi) is 5.94. The molecule has 5 N–H and O–H groups in total. The van der Waals surface area contributed by atoms with Gasteiger partial charge in [-0.1, -0.05) is 18.2 Å². The summed E-state index contributed by atoms with van der Waals surface area (Å²) in [6.45, 7) is 0. The smallest absolute Gasteiger partial charge is 0.296 e. The number of sulfonamides is 1. The molecule has 0 spiro atoms. The Morgan fingerprint density at radius 2 is 1.45 bits per heavy atom. The Labute approximate surface area is 177 Å². The highest BCUT2D eigenvalue weighted by Gasteiger charge is 2.21. The molecular weight excluding hydrogens is 448 g/mol. The van der Waals surface area contributed by atoms with Crippen LogP contribution in [0.25, 0.3) is 0 Å². The number of para-hydroxylation sites is 1. The van der Waals surface area contributed by atoms with Gasteiger partial charge in [-0.15, -0.1) is 0 Å². The van der Waals surface area contributed by atoms with Gasteiger partial charge in [0.25, 0.3) is 15.8 Å². The molecule has 3 aromatic carbocycles. The first kappa shape index (κ1) is 22.2. The summed E-state index contributed by atoms with van der Waals surface area (Å²) < 4.78 is 56.3. The molecule has 0 aliphatic rings. The second-order valence-corrected chi connectivity index (χ2v) is 9.23. The minimum absolute atomic E-state index is 0.0818. The van der Waals surface area contributed by atoms with Crippen LogP contribution >= 0.6 is 0 Å². The summed E-state index contributed by atoms with van der Waals surface area (Å²) in [4.78, 5) is 9.62. The van der Waals surface area contributed by atoms with E-state index < -0.39 is 40.5 Å². The van der Waals surface area contributed by atoms with Crippen molar-refractivity contribution < 1.29 is 26.3 Å². The third kappa shape index (κ3) is 5.35. The molecule has 13 heteroatoms. The number of benzene rings is 3. The lowest BCUT2D eigenvalue weighted by Gasteiger charge is -2.13. The van der Waals surface area contributed by atoms with E-state index in [0.717, 1.165) is 24.3 Å². The van der Waals surface area contributed by atoms with Crippen molar-refractivity contribution in [1.82, 2.24) is 0 Å². The standard InChI is InChI=1S/C18H16N4O7S2/c19-30(25,26)14-7-9-15(17(11-14)22(23)24)21-13-6-8-16(18(10-13)31(27,28)29)20-12-4-2-1-3-5-12/h1-11,20-21H,(H2,19,25,26)(H,27,28,29). The topological polar surface area (TPSA) is 182 Å². The molecule has 0 unspecified atom stereocenters. The summed E-state index contributed by atoms with van der Waals surface area (Å²) in [6, 6.07) is 15.5. The van der Waals surface area contributed by atoms with Gasteiger partial charge in [0.1, 0.15) is 10.6 Å². The lowest BCUT2D eigenvalue weighted by atomic mass is 10.2. The molecule has 0 atom stereocenters. The van der Waals surface area contributed by atoms with Crippen LogP contribution in [0.15, 0.2) is 76.5 Å². The van der Waals surface area contributed by atoms with Gasteiger partial charge in [0.2, 0.25) is 10.0 Å². The second-order valence-electron chi connectivity index (χ2n) is 6.28. The number of hydrogen-bond donors (Lipinski definition) is 4. The third-order valence-corrected chi connectivity index (χ3v) is 5.89. The molecule has 0 aliphatic carbocycles. The molecule has 0 saturated carbocycles. The molecule has 0 bridgehead atoms. The van der Waals surface area contributed by atoms with Gasteiger partial charge in [-0.2, -0.15) is 8.42 Å². The van der Waals surface area contributed by atoms with Crippen molar-refractivity contribution in [2.24, 2.45) is 5.14 Å². The average Bonchev–Trinajstić information content (AvgIpc) is 2.68. The molecule has 162 valence electrons. The lowest BCUT2D eigenvalue weighted by Crippen LogP contribution is -2.12. The summed E-state index contributed by atoms with van der Waals surface area (Å²) in [6.07, 6.45) is 0. The summed E-state index contributed by atoms with van der Waals surface area (Å²) in [5.74, 6) is 0. The first-order valence-corrected chi connectivity index (χ1v) is 11.5. The number of nitrogens with two attached hydrogens (primary N) is 1. The van der Waals surface area contributed by atoms with Crippen LogP contribution in [0, 0.1) is 10.1 Å². The van der Waals surface area contributed by atoms with E-state index in [-0.39, 0.29) is 17.1 Å². The van der Waals surface area contributed by atoms with Gasteiger partial charge >= 0.3 is 0 Å². The zero-order valence-corrected chi connectivity index (χ0v) is 17.2. The fourth-order valence-electron chi connectivity index (χ4n) is 2.69. The summed E-state index contributed by atoms with van der Waals surface area (Å²) in [5.41, 5.74) is 0.0484. The predicted octanol–water partition coefficient (Wildman–Crippen LogP) is 2.98. The number of nitrogens with one attached hydrogen (secondary N) is 2. The summed E-state index contributed by atoms with van der Waals surface area (Å²) in [7, 11) is -8.82. The maximum atomic E-state index is 11.9. The van der Waals surface area contributed by atoms with Crippen molar-refractivity contribution in [1.29, 1.82) is 0 Å². The van der Waals surface area contributed by atoms with Gasteiger partial charge in [0.05, 0.1) is 15.5 Å². The quantitative estimate of drug-likeness (QED) is 0.232. The normalized spacial score (nSPS) is 11.7. The molecule has 0 aliphatic heterocycles. The molecular formula is C18H16N4O7S2. The van der Waals surface area contributed by atoms with Crippen molar-refractivity contribution in [3.8, 4) is 0 Å². The molecule has 3 rings (SSSR count). The molecule has 3 aromatic rings. The van der Waals surface area contributed by atoms with Gasteiger partial charge in [0, 0.05) is 17.4 Å². The molecule has 0 radical (unpaired) electrons. The van der Waals surface area contributed by atoms with E-state index in [9.17, 15) is 31.5 Å². The average molecular weight is 464 g/mol. The largest absolute Gasteiger partial charge is 0.354 e. The molecule has 0 fully saturated rings. The molecule has 31 heavy (non-hydrogen) atoms. The van der Waals surface area contributed by atoms with Crippen molar-refractivity contribution in [3.05, 3.63) is 76.8 Å². The number of nitro groups is 1. The lowest BCUT2D eigenvalue weighted by molar-refractivity contribution is -0.384. The van der Waals surface area contributed by atoms with E-state index in [1.54, 1.807) is 30.3 Å². The van der Waals surface area contributed by atoms with Crippen molar-refractivity contribution in [3.63, 3.8) is 0 Å². The minimum atomic E-state index is -4.65. The number of nitrogens with zero attached hydrogens (tertiary/aromatic N) is 1. The first-order valence-electron chi connectivity index (χ1n) is 8.47. The SMILES string of the molecule is NS(=O)(=O)c1ccc(Nc2ccc(Nc3ccccc3)c(S(=O)(=O)O)c2)c([N+](=O)[O-])c1. The van der Waals surface area contributed by atoms with Gasteiger partial charge in [-0.3, -0.25) is 14.7 Å². The highest BCUT2D eigenvalue weighted by atomic mass is 32.2. The van der Waals surface area contributed by atoms with Crippen LogP contribution in [0.3, 0.4) is 0 Å². The molecule has 11 nitrogen and oxygen atoms in total. The summed E-state index contributed by atoms with van der Waals surface area (Å²) in [5, 5.41) is 21.9. The van der Waals surface area contributed by atoms with Crippen LogP contribution in [0.1, 0.15) is 0 Å². The molecule has 0 saturated heterocycles. The number of rotatable bonds is 7. The maximum absolute atomic E-state index is 11.9. The number of primary sulfonamides is 1. The number of anilines is 4. The van der Waals surface area contributed by atoms with Crippen LogP contribution < -0.4 is 15.8 Å². The van der Waals surface area contributed by atoms with E-state index in [2.05, 4.69) is 10.6 Å². The highest BCUT2D eigenvalue weighted by molar-refractivity contribution is 7.89. The number of hydrogen-bond acceptors (Lipinski definition) is 8. The van der Waals surface area contributed by atoms with Crippen molar-refractivity contribution >= 4 is 48.6 Å². The fourth-order valence-corrected chi connectivity index (χ4v) is 3.90. The van der Waals surface area contributed by atoms with Crippen LogP contribution in [0.2, 0.25) is 0 Å². The van der Waals surface area contributed by atoms with E-state index >= 15 is 0 Å². The monoisotopic (exact) mass is 464 g/mol. The minimum Gasteiger partial charge on any atom is -0.354 e. The summed E-state index contributed by atoms with van der Waals surface area (Å²) >= 11 is 0. The van der Waals surface area contributed by atoms with Gasteiger partial charge in [0.15, 0.2) is 0 Å². The third-order valence-electron chi connectivity index (χ3n) is 4.09. The number of nitro benzene ring substituents is 1. The van der Waals surface area contributed by atoms with Gasteiger partial charge in [-0.25, -0.2) is 13.6 Å². The van der Waals surface area contributed by atoms with Crippen LogP contribution in [-0.4, -0.2) is 26.3 Å². The van der Waals surface area contributed by atoms with Gasteiger partial charge in [-0.05, 0) is 42.5 Å². The predicted molar refractivity (Wildman–Crippen MR) is 114 cm³/mol. The van der Waals surface area contributed by atoms with Crippen LogP contribution in [0.4, 0.5) is 28.4 Å².